The molecule has 0 aromatic rings. The lowest BCUT2D eigenvalue weighted by Gasteiger charge is -2.53. The first-order valence-corrected chi connectivity index (χ1v) is 4.00. The predicted octanol–water partition coefficient (Wildman–Crippen LogP) is 0.165. The molecular formula is C6H13N2P. The Labute approximate surface area is 58.5 Å². The van der Waals surface area contributed by atoms with Crippen LogP contribution in [0.4, 0.5) is 0 Å². The van der Waals surface area contributed by atoms with Crippen LogP contribution < -0.4 is 0 Å². The van der Waals surface area contributed by atoms with E-state index in [1.54, 1.807) is 0 Å². The Kier molecular flexibility index (Phi) is 1.29. The first kappa shape index (κ1) is 6.09. The summed E-state index contributed by atoms with van der Waals surface area (Å²) in [4.78, 5) is 2.49. The molecule has 2 nitrogen and oxygen atoms in total. The Morgan fingerprint density at radius 1 is 1.33 bits per heavy atom. The average Bonchev–Trinajstić information content (AvgIpc) is 1.87. The van der Waals surface area contributed by atoms with Crippen molar-refractivity contribution in [2.45, 2.75) is 18.5 Å². The van der Waals surface area contributed by atoms with Gasteiger partial charge >= 0.3 is 0 Å². The standard InChI is InChI=1S/C6H13N2P/c1-7-5-2-6(7)4-8(9)3-5/h5-6H,2-4,9H2,1H3. The van der Waals surface area contributed by atoms with Crippen LogP contribution in [0.3, 0.4) is 0 Å². The summed E-state index contributed by atoms with van der Waals surface area (Å²) in [6, 6.07) is 1.72. The fraction of sp³-hybridized carbons (Fsp3) is 1.00. The van der Waals surface area contributed by atoms with Gasteiger partial charge in [-0.1, -0.05) is 9.39 Å². The van der Waals surface area contributed by atoms with E-state index in [1.165, 1.54) is 19.5 Å². The molecule has 0 amide bonds. The summed E-state index contributed by atoms with van der Waals surface area (Å²) in [5.74, 6) is 0. The minimum absolute atomic E-state index is 0.862. The fourth-order valence-corrected chi connectivity index (χ4v) is 2.32. The third-order valence-electron chi connectivity index (χ3n) is 2.59. The topological polar surface area (TPSA) is 6.48 Å². The highest BCUT2D eigenvalue weighted by molar-refractivity contribution is 7.13. The quantitative estimate of drug-likeness (QED) is 0.447. The van der Waals surface area contributed by atoms with E-state index in [0.29, 0.717) is 0 Å². The molecule has 3 saturated heterocycles. The number of nitrogens with zero attached hydrogens (tertiary/aromatic N) is 2. The van der Waals surface area contributed by atoms with E-state index in [4.69, 9.17) is 0 Å². The van der Waals surface area contributed by atoms with Gasteiger partial charge in [-0.05, 0) is 13.5 Å². The van der Waals surface area contributed by atoms with E-state index in [0.717, 1.165) is 12.1 Å². The van der Waals surface area contributed by atoms with E-state index >= 15 is 0 Å². The van der Waals surface area contributed by atoms with Crippen molar-refractivity contribution in [3.63, 3.8) is 0 Å². The number of likely N-dealkylation sites (N-methyl/N-ethyl adjacent to an activating group) is 1. The second-order valence-electron chi connectivity index (χ2n) is 3.16. The molecule has 3 aliphatic heterocycles. The molecule has 0 spiro atoms. The van der Waals surface area contributed by atoms with Crippen molar-refractivity contribution in [2.24, 2.45) is 0 Å². The van der Waals surface area contributed by atoms with Crippen molar-refractivity contribution in [3.8, 4) is 0 Å². The van der Waals surface area contributed by atoms with Gasteiger partial charge in [-0.2, -0.15) is 0 Å². The van der Waals surface area contributed by atoms with Crippen molar-refractivity contribution in [3.05, 3.63) is 0 Å². The summed E-state index contributed by atoms with van der Waals surface area (Å²) in [6.45, 7) is 2.50. The second-order valence-corrected chi connectivity index (χ2v) is 3.89. The zero-order valence-corrected chi connectivity index (χ0v) is 6.90. The SMILES string of the molecule is CN1C2CC1CN(P)C2. The molecule has 3 fully saturated rings. The molecule has 2 bridgehead atoms. The van der Waals surface area contributed by atoms with Gasteiger partial charge in [-0.15, -0.1) is 0 Å². The zero-order valence-electron chi connectivity index (χ0n) is 5.75. The minimum Gasteiger partial charge on any atom is -0.298 e. The van der Waals surface area contributed by atoms with Gasteiger partial charge in [0.1, 0.15) is 0 Å². The van der Waals surface area contributed by atoms with Gasteiger partial charge in [0.15, 0.2) is 0 Å². The van der Waals surface area contributed by atoms with Crippen molar-refractivity contribution in [2.75, 3.05) is 20.1 Å². The first-order chi connectivity index (χ1) is 4.27. The van der Waals surface area contributed by atoms with Gasteiger partial charge in [0.2, 0.25) is 0 Å². The molecule has 3 unspecified atom stereocenters. The fourth-order valence-electron chi connectivity index (χ4n) is 1.83. The molecular weight excluding hydrogens is 131 g/mol. The number of rotatable bonds is 0. The van der Waals surface area contributed by atoms with Crippen LogP contribution in [-0.2, 0) is 0 Å². The van der Waals surface area contributed by atoms with Crippen LogP contribution in [0.15, 0.2) is 0 Å². The maximum Gasteiger partial charge on any atom is 0.0242 e. The zero-order chi connectivity index (χ0) is 6.43. The summed E-state index contributed by atoms with van der Waals surface area (Å²) < 4.78 is 2.35. The Bertz CT molecular complexity index is 116. The van der Waals surface area contributed by atoms with E-state index in [1.807, 2.05) is 0 Å². The van der Waals surface area contributed by atoms with E-state index < -0.39 is 0 Å². The van der Waals surface area contributed by atoms with E-state index in [9.17, 15) is 0 Å². The molecule has 0 aliphatic carbocycles. The number of fused-ring (bicyclic) bond motifs is 2. The molecule has 3 heterocycles. The molecule has 3 aliphatic rings. The Balaban J connectivity index is 2.01. The van der Waals surface area contributed by atoms with Crippen molar-refractivity contribution in [1.29, 1.82) is 0 Å². The van der Waals surface area contributed by atoms with Crippen molar-refractivity contribution < 1.29 is 0 Å². The second kappa shape index (κ2) is 1.91. The molecule has 0 radical (unpaired) electrons. The lowest BCUT2D eigenvalue weighted by Crippen LogP contribution is -2.65. The largest absolute Gasteiger partial charge is 0.298 e. The number of hydrogen-bond donors (Lipinski definition) is 0. The Morgan fingerprint density at radius 3 is 2.22 bits per heavy atom. The minimum atomic E-state index is 0.862. The van der Waals surface area contributed by atoms with E-state index in [-0.39, 0.29) is 0 Å². The first-order valence-electron chi connectivity index (χ1n) is 3.49. The van der Waals surface area contributed by atoms with Gasteiger partial charge < -0.3 is 0 Å². The molecule has 9 heavy (non-hydrogen) atoms. The molecule has 0 N–H and O–H groups in total. The van der Waals surface area contributed by atoms with Crippen LogP contribution in [0, 0.1) is 0 Å². The lowest BCUT2D eigenvalue weighted by molar-refractivity contribution is -0.0182. The van der Waals surface area contributed by atoms with Crippen LogP contribution in [0.5, 0.6) is 0 Å². The molecule has 0 aromatic carbocycles. The van der Waals surface area contributed by atoms with Gasteiger partial charge in [-0.25, -0.2) is 0 Å². The summed E-state index contributed by atoms with van der Waals surface area (Å²) in [6.07, 6.45) is 1.43. The number of piperidine rings is 1. The average molecular weight is 144 g/mol. The van der Waals surface area contributed by atoms with Crippen LogP contribution in [0.25, 0.3) is 0 Å². The highest BCUT2D eigenvalue weighted by atomic mass is 31.0. The number of piperazine rings is 1. The smallest absolute Gasteiger partial charge is 0.0242 e. The lowest BCUT2D eigenvalue weighted by atomic mass is 9.90. The van der Waals surface area contributed by atoms with Gasteiger partial charge in [-0.3, -0.25) is 9.57 Å². The molecule has 52 valence electrons. The summed E-state index contributed by atoms with van der Waals surface area (Å²) >= 11 is 0. The van der Waals surface area contributed by atoms with Crippen LogP contribution in [0.2, 0.25) is 0 Å². The third kappa shape index (κ3) is 0.813. The highest BCUT2D eigenvalue weighted by Gasteiger charge is 2.40. The van der Waals surface area contributed by atoms with Crippen LogP contribution >= 0.6 is 9.39 Å². The normalized spacial score (nSPS) is 44.7. The summed E-state index contributed by atoms with van der Waals surface area (Å²) in [7, 11) is 5.02. The molecule has 0 aromatic heterocycles. The molecule has 3 heteroatoms. The monoisotopic (exact) mass is 144 g/mol. The van der Waals surface area contributed by atoms with E-state index in [2.05, 4.69) is 26.0 Å². The van der Waals surface area contributed by atoms with Gasteiger partial charge in [0.05, 0.1) is 0 Å². The summed E-state index contributed by atoms with van der Waals surface area (Å²) in [5.41, 5.74) is 0. The Morgan fingerprint density at radius 2 is 1.89 bits per heavy atom. The highest BCUT2D eigenvalue weighted by Crippen LogP contribution is 2.31. The van der Waals surface area contributed by atoms with Crippen molar-refractivity contribution >= 4 is 9.39 Å². The molecule has 3 rings (SSSR count). The molecule has 0 saturated carbocycles. The van der Waals surface area contributed by atoms with Gasteiger partial charge in [0.25, 0.3) is 0 Å². The van der Waals surface area contributed by atoms with Crippen LogP contribution in [-0.4, -0.2) is 41.8 Å². The maximum atomic E-state index is 2.78. The van der Waals surface area contributed by atoms with Gasteiger partial charge in [0, 0.05) is 25.2 Å². The van der Waals surface area contributed by atoms with Crippen molar-refractivity contribution in [1.82, 2.24) is 9.57 Å². The summed E-state index contributed by atoms with van der Waals surface area (Å²) in [5, 5.41) is 0. The third-order valence-corrected chi connectivity index (χ3v) is 3.01. The molecule has 3 atom stereocenters. The maximum absolute atomic E-state index is 2.78. The van der Waals surface area contributed by atoms with Crippen LogP contribution in [0.1, 0.15) is 6.42 Å². The Hall–Kier alpha value is 0.350. The predicted molar refractivity (Wildman–Crippen MR) is 41.2 cm³/mol. The number of hydrogen-bond acceptors (Lipinski definition) is 2.